The molecule has 0 atom stereocenters. The molecule has 8 nitrogen and oxygen atoms in total. The highest BCUT2D eigenvalue weighted by Gasteiger charge is 2.07. The summed E-state index contributed by atoms with van der Waals surface area (Å²) in [5.41, 5.74) is 5.60. The van der Waals surface area contributed by atoms with Crippen LogP contribution >= 0.6 is 11.8 Å². The molecule has 0 fully saturated rings. The van der Waals surface area contributed by atoms with Gasteiger partial charge in [-0.25, -0.2) is 4.98 Å². The van der Waals surface area contributed by atoms with E-state index >= 15 is 0 Å². The Morgan fingerprint density at radius 2 is 2.29 bits per heavy atom. The fraction of sp³-hybridized carbons (Fsp3) is 0.375. The Balaban J connectivity index is 2.18. The second-order valence-corrected chi connectivity index (χ2v) is 4.02. The van der Waals surface area contributed by atoms with Crippen molar-refractivity contribution in [1.82, 2.24) is 29.7 Å². The molecule has 90 valence electrons. The van der Waals surface area contributed by atoms with Gasteiger partial charge in [0.1, 0.15) is 12.7 Å². The van der Waals surface area contributed by atoms with Crippen molar-refractivity contribution in [2.45, 2.75) is 5.16 Å². The van der Waals surface area contributed by atoms with Gasteiger partial charge in [0, 0.05) is 12.9 Å². The number of nitrogens with two attached hydrogens (primary N) is 1. The van der Waals surface area contributed by atoms with Crippen molar-refractivity contribution in [2.24, 2.45) is 0 Å². The summed E-state index contributed by atoms with van der Waals surface area (Å²) in [6.07, 6.45) is 2.90. The predicted molar refractivity (Wildman–Crippen MR) is 61.8 cm³/mol. The molecule has 0 saturated carbocycles. The summed E-state index contributed by atoms with van der Waals surface area (Å²) in [5.74, 6) is 1.26. The van der Waals surface area contributed by atoms with Crippen molar-refractivity contribution in [3.63, 3.8) is 0 Å². The van der Waals surface area contributed by atoms with Crippen LogP contribution < -0.4 is 5.73 Å². The molecule has 0 aliphatic heterocycles. The third-order valence-corrected chi connectivity index (χ3v) is 2.57. The SMILES string of the molecule is COCCSc1nc(N)nc(-n2cncn2)n1. The maximum absolute atomic E-state index is 5.60. The Hall–Kier alpha value is -1.74. The largest absolute Gasteiger partial charge is 0.384 e. The minimum absolute atomic E-state index is 0.158. The highest BCUT2D eigenvalue weighted by Crippen LogP contribution is 2.14. The summed E-state index contributed by atoms with van der Waals surface area (Å²) in [4.78, 5) is 16.0. The van der Waals surface area contributed by atoms with Gasteiger partial charge in [0.25, 0.3) is 5.95 Å². The quantitative estimate of drug-likeness (QED) is 0.575. The first-order valence-corrected chi connectivity index (χ1v) is 5.76. The molecular weight excluding hydrogens is 242 g/mol. The minimum Gasteiger partial charge on any atom is -0.384 e. The van der Waals surface area contributed by atoms with Crippen molar-refractivity contribution in [3.05, 3.63) is 12.7 Å². The van der Waals surface area contributed by atoms with Gasteiger partial charge in [-0.1, -0.05) is 11.8 Å². The van der Waals surface area contributed by atoms with Crippen LogP contribution in [0.3, 0.4) is 0 Å². The minimum atomic E-state index is 0.158. The standard InChI is InChI=1S/C8H11N7OS/c1-16-2-3-17-8-13-6(9)12-7(14-8)15-5-10-4-11-15/h4-5H,2-3H2,1H3,(H2,9,12,13,14). The Bertz CT molecular complexity index is 475. The molecular formula is C8H11N7OS. The number of thioether (sulfide) groups is 1. The summed E-state index contributed by atoms with van der Waals surface area (Å²) in [7, 11) is 1.64. The van der Waals surface area contributed by atoms with Gasteiger partial charge >= 0.3 is 0 Å². The van der Waals surface area contributed by atoms with Crippen LogP contribution in [-0.4, -0.2) is 49.2 Å². The molecule has 0 saturated heterocycles. The highest BCUT2D eigenvalue weighted by molar-refractivity contribution is 7.99. The summed E-state index contributed by atoms with van der Waals surface area (Å²) >= 11 is 1.44. The van der Waals surface area contributed by atoms with Crippen LogP contribution in [0.1, 0.15) is 0 Å². The zero-order valence-corrected chi connectivity index (χ0v) is 9.96. The molecule has 2 heterocycles. The topological polar surface area (TPSA) is 105 Å². The normalized spacial score (nSPS) is 10.6. The molecule has 17 heavy (non-hydrogen) atoms. The predicted octanol–water partition coefficient (Wildman–Crippen LogP) is -0.227. The van der Waals surface area contributed by atoms with E-state index in [1.165, 1.54) is 29.1 Å². The number of aromatic nitrogens is 6. The molecule has 0 aromatic carbocycles. The smallest absolute Gasteiger partial charge is 0.257 e. The summed E-state index contributed by atoms with van der Waals surface area (Å²) in [5, 5.41) is 4.47. The zero-order chi connectivity index (χ0) is 12.1. The third-order valence-electron chi connectivity index (χ3n) is 1.76. The molecule has 0 spiro atoms. The first-order valence-electron chi connectivity index (χ1n) is 4.78. The lowest BCUT2D eigenvalue weighted by molar-refractivity contribution is 0.218. The van der Waals surface area contributed by atoms with Crippen LogP contribution in [0.15, 0.2) is 17.8 Å². The first kappa shape index (κ1) is 11.7. The van der Waals surface area contributed by atoms with Crippen molar-refractivity contribution in [3.8, 4) is 5.95 Å². The first-order chi connectivity index (χ1) is 8.29. The summed E-state index contributed by atoms with van der Waals surface area (Å²) < 4.78 is 6.37. The second-order valence-electron chi connectivity index (χ2n) is 2.96. The van der Waals surface area contributed by atoms with Crippen LogP contribution in [0.4, 0.5) is 5.95 Å². The van der Waals surface area contributed by atoms with Gasteiger partial charge in [-0.2, -0.15) is 24.7 Å². The van der Waals surface area contributed by atoms with E-state index in [1.807, 2.05) is 0 Å². The zero-order valence-electron chi connectivity index (χ0n) is 9.15. The van der Waals surface area contributed by atoms with E-state index in [2.05, 4.69) is 25.0 Å². The van der Waals surface area contributed by atoms with Crippen molar-refractivity contribution >= 4 is 17.7 Å². The molecule has 2 aromatic heterocycles. The third kappa shape index (κ3) is 3.11. The van der Waals surface area contributed by atoms with E-state index in [4.69, 9.17) is 10.5 Å². The molecule has 2 rings (SSSR count). The van der Waals surface area contributed by atoms with Crippen LogP contribution in [0.2, 0.25) is 0 Å². The van der Waals surface area contributed by atoms with Crippen LogP contribution in [0.25, 0.3) is 5.95 Å². The molecule has 0 unspecified atom stereocenters. The average molecular weight is 253 g/mol. The molecule has 0 radical (unpaired) electrons. The van der Waals surface area contributed by atoms with Gasteiger partial charge in [-0.15, -0.1) is 0 Å². The van der Waals surface area contributed by atoms with Gasteiger partial charge in [0.05, 0.1) is 6.61 Å². The molecule has 0 aliphatic carbocycles. The summed E-state index contributed by atoms with van der Waals surface area (Å²) in [6, 6.07) is 0. The number of methoxy groups -OCH3 is 1. The van der Waals surface area contributed by atoms with E-state index in [-0.39, 0.29) is 5.95 Å². The Labute approximate surface area is 102 Å². The van der Waals surface area contributed by atoms with E-state index in [0.717, 1.165) is 5.75 Å². The summed E-state index contributed by atoms with van der Waals surface area (Å²) in [6.45, 7) is 0.620. The Morgan fingerprint density at radius 3 is 3.00 bits per heavy atom. The number of ether oxygens (including phenoxy) is 1. The molecule has 0 aliphatic rings. The number of hydrogen-bond donors (Lipinski definition) is 1. The monoisotopic (exact) mass is 253 g/mol. The molecule has 2 aromatic rings. The van der Waals surface area contributed by atoms with Crippen molar-refractivity contribution in [2.75, 3.05) is 25.2 Å². The lowest BCUT2D eigenvalue weighted by atomic mass is 10.8. The van der Waals surface area contributed by atoms with Gasteiger partial charge in [0.2, 0.25) is 5.95 Å². The molecule has 9 heteroatoms. The molecule has 0 bridgehead atoms. The van der Waals surface area contributed by atoms with Crippen molar-refractivity contribution in [1.29, 1.82) is 0 Å². The van der Waals surface area contributed by atoms with Crippen molar-refractivity contribution < 1.29 is 4.74 Å². The number of rotatable bonds is 5. The number of nitrogen functional groups attached to an aromatic ring is 1. The molecule has 2 N–H and O–H groups in total. The Morgan fingerprint density at radius 1 is 1.41 bits per heavy atom. The number of nitrogens with zero attached hydrogens (tertiary/aromatic N) is 6. The van der Waals surface area contributed by atoms with E-state index in [9.17, 15) is 0 Å². The van der Waals surface area contributed by atoms with Gasteiger partial charge in [-0.3, -0.25) is 0 Å². The van der Waals surface area contributed by atoms with E-state index < -0.39 is 0 Å². The van der Waals surface area contributed by atoms with Crippen LogP contribution in [0.5, 0.6) is 0 Å². The number of hydrogen-bond acceptors (Lipinski definition) is 8. The van der Waals surface area contributed by atoms with Gasteiger partial charge in [-0.05, 0) is 0 Å². The fourth-order valence-electron chi connectivity index (χ4n) is 1.06. The lowest BCUT2D eigenvalue weighted by Crippen LogP contribution is -2.08. The maximum Gasteiger partial charge on any atom is 0.257 e. The van der Waals surface area contributed by atoms with Crippen LogP contribution in [0, 0.1) is 0 Å². The van der Waals surface area contributed by atoms with Gasteiger partial charge < -0.3 is 10.5 Å². The lowest BCUT2D eigenvalue weighted by Gasteiger charge is -2.03. The fourth-order valence-corrected chi connectivity index (χ4v) is 1.79. The van der Waals surface area contributed by atoms with Crippen LogP contribution in [-0.2, 0) is 4.74 Å². The number of anilines is 1. The average Bonchev–Trinajstić information content (AvgIpc) is 2.82. The Kier molecular flexibility index (Phi) is 3.83. The van der Waals surface area contributed by atoms with E-state index in [0.29, 0.717) is 17.7 Å². The van der Waals surface area contributed by atoms with Gasteiger partial charge in [0.15, 0.2) is 5.16 Å². The highest BCUT2D eigenvalue weighted by atomic mass is 32.2. The van der Waals surface area contributed by atoms with E-state index in [1.54, 1.807) is 7.11 Å². The maximum atomic E-state index is 5.60. The second kappa shape index (κ2) is 5.55. The molecule has 0 amide bonds.